The maximum Gasteiger partial charge on any atom is 0.511 e. The summed E-state index contributed by atoms with van der Waals surface area (Å²) in [6.07, 6.45) is -0.0265. The number of carbonyl (C=O) groups excluding carboxylic acids is 3. The lowest BCUT2D eigenvalue weighted by atomic mass is 9.77. The Balaban J connectivity index is 2.03. The van der Waals surface area contributed by atoms with Gasteiger partial charge in [-0.25, -0.2) is 9.59 Å². The molecule has 0 aromatic heterocycles. The number of hydrogen-bond acceptors (Lipinski definition) is 9. The molecule has 10 heteroatoms. The summed E-state index contributed by atoms with van der Waals surface area (Å²) in [7, 11) is 0. The number of rotatable bonds is 7. The van der Waals surface area contributed by atoms with Crippen LogP contribution in [0.15, 0.2) is 12.7 Å². The Labute approximate surface area is 169 Å². The molecule has 1 saturated heterocycles. The molecule has 1 amide bonds. The topological polar surface area (TPSA) is 121 Å². The minimum atomic E-state index is -1.25. The molecule has 1 N–H and O–H groups in total. The number of esters is 1. The Morgan fingerprint density at radius 2 is 2.00 bits per heavy atom. The molecule has 1 unspecified atom stereocenters. The van der Waals surface area contributed by atoms with Crippen LogP contribution in [0.2, 0.25) is 0 Å². The summed E-state index contributed by atoms with van der Waals surface area (Å²) in [6.45, 7) is 7.77. The fourth-order valence-electron chi connectivity index (χ4n) is 4.00. The first-order valence-corrected chi connectivity index (χ1v) is 9.59. The summed E-state index contributed by atoms with van der Waals surface area (Å²) in [6, 6.07) is 0. The zero-order valence-corrected chi connectivity index (χ0v) is 17.0. The second-order valence-corrected chi connectivity index (χ2v) is 7.36. The first-order valence-electron chi connectivity index (χ1n) is 9.59. The van der Waals surface area contributed by atoms with E-state index in [-0.39, 0.29) is 19.4 Å². The summed E-state index contributed by atoms with van der Waals surface area (Å²) < 4.78 is 25.0. The van der Waals surface area contributed by atoms with E-state index in [9.17, 15) is 19.5 Å². The largest absolute Gasteiger partial charge is 0.511 e. The molecule has 2 rings (SSSR count). The third-order valence-electron chi connectivity index (χ3n) is 5.26. The molecule has 1 aliphatic carbocycles. The minimum absolute atomic E-state index is 0.0214. The summed E-state index contributed by atoms with van der Waals surface area (Å²) >= 11 is 0. The van der Waals surface area contributed by atoms with Crippen LogP contribution in [0.4, 0.5) is 9.59 Å². The monoisotopic (exact) mass is 415 g/mol. The number of amides is 1. The van der Waals surface area contributed by atoms with Gasteiger partial charge >= 0.3 is 18.2 Å². The van der Waals surface area contributed by atoms with E-state index in [1.54, 1.807) is 20.8 Å². The number of aliphatic hydroxyl groups excluding tert-OH is 1. The van der Waals surface area contributed by atoms with Gasteiger partial charge < -0.3 is 28.8 Å². The molecule has 0 radical (unpaired) electrons. The van der Waals surface area contributed by atoms with Crippen molar-refractivity contribution in [2.24, 2.45) is 11.8 Å². The Kier molecular flexibility index (Phi) is 7.86. The van der Waals surface area contributed by atoms with Gasteiger partial charge in [-0.15, -0.1) is 0 Å². The fraction of sp³-hybridized carbons (Fsp3) is 0.737. The van der Waals surface area contributed by atoms with Crippen LogP contribution in [0.1, 0.15) is 40.0 Å². The molecular formula is C19H29NO9. The Hall–Kier alpha value is -2.33. The van der Waals surface area contributed by atoms with Crippen LogP contribution in [-0.4, -0.2) is 66.3 Å². The normalized spacial score (nSPS) is 27.0. The summed E-state index contributed by atoms with van der Waals surface area (Å²) in [5.74, 6) is -1.73. The summed E-state index contributed by atoms with van der Waals surface area (Å²) in [5, 5.41) is 10.5. The van der Waals surface area contributed by atoms with Gasteiger partial charge in [0.1, 0.15) is 18.9 Å². The zero-order chi connectivity index (χ0) is 21.6. The van der Waals surface area contributed by atoms with Gasteiger partial charge in [0.05, 0.1) is 12.0 Å². The Bertz CT molecular complexity index is 623. The second kappa shape index (κ2) is 9.93. The van der Waals surface area contributed by atoms with Gasteiger partial charge in [-0.05, 0) is 26.7 Å². The zero-order valence-electron chi connectivity index (χ0n) is 17.0. The molecular weight excluding hydrogens is 386 g/mol. The van der Waals surface area contributed by atoms with Crippen LogP contribution in [0.25, 0.3) is 0 Å². The molecule has 0 bridgehead atoms. The third kappa shape index (κ3) is 4.99. The minimum Gasteiger partial charge on any atom is -0.445 e. The van der Waals surface area contributed by atoms with E-state index < -0.39 is 48.7 Å². The molecule has 4 atom stereocenters. The van der Waals surface area contributed by atoms with Gasteiger partial charge in [0.25, 0.3) is 0 Å². The Morgan fingerprint density at radius 3 is 2.66 bits per heavy atom. The smallest absolute Gasteiger partial charge is 0.445 e. The maximum absolute atomic E-state index is 12.5. The summed E-state index contributed by atoms with van der Waals surface area (Å²) in [5.41, 5.74) is -1.09. The molecule has 10 nitrogen and oxygen atoms in total. The number of ether oxygens (including phenoxy) is 5. The molecule has 1 heterocycles. The van der Waals surface area contributed by atoms with Crippen LogP contribution < -0.4 is 0 Å². The van der Waals surface area contributed by atoms with Gasteiger partial charge in [-0.2, -0.15) is 0 Å². The second-order valence-electron chi connectivity index (χ2n) is 7.36. The van der Waals surface area contributed by atoms with E-state index in [0.717, 1.165) is 0 Å². The van der Waals surface area contributed by atoms with Crippen molar-refractivity contribution in [2.45, 2.75) is 58.0 Å². The van der Waals surface area contributed by atoms with Crippen molar-refractivity contribution in [3.8, 4) is 0 Å². The van der Waals surface area contributed by atoms with Crippen LogP contribution in [0.5, 0.6) is 0 Å². The van der Waals surface area contributed by atoms with Crippen molar-refractivity contribution >= 4 is 18.2 Å². The van der Waals surface area contributed by atoms with Gasteiger partial charge in [0.2, 0.25) is 6.79 Å². The maximum atomic E-state index is 12.5. The molecule has 0 aromatic carbocycles. The first-order chi connectivity index (χ1) is 13.7. The average Bonchev–Trinajstić information content (AvgIpc) is 3.24. The highest BCUT2D eigenvalue weighted by molar-refractivity contribution is 5.74. The lowest BCUT2D eigenvalue weighted by Gasteiger charge is -2.41. The van der Waals surface area contributed by atoms with E-state index in [1.807, 2.05) is 0 Å². The van der Waals surface area contributed by atoms with Crippen molar-refractivity contribution < 1.29 is 43.2 Å². The van der Waals surface area contributed by atoms with Crippen LogP contribution in [0.3, 0.4) is 0 Å². The number of aliphatic hydroxyl groups is 1. The highest BCUT2D eigenvalue weighted by atomic mass is 16.8. The third-order valence-corrected chi connectivity index (χ3v) is 5.26. The van der Waals surface area contributed by atoms with E-state index in [1.165, 1.54) is 11.0 Å². The molecule has 2 fully saturated rings. The molecule has 1 saturated carbocycles. The number of hydrogen-bond donors (Lipinski definition) is 1. The van der Waals surface area contributed by atoms with Gasteiger partial charge in [0, 0.05) is 5.92 Å². The highest BCUT2D eigenvalue weighted by Gasteiger charge is 2.61. The molecule has 2 aliphatic rings. The van der Waals surface area contributed by atoms with E-state index in [0.29, 0.717) is 19.3 Å². The lowest BCUT2D eigenvalue weighted by Crippen LogP contribution is -2.57. The molecule has 164 valence electrons. The first kappa shape index (κ1) is 23.0. The standard InChI is InChI=1S/C19H29NO9/c1-5-9-25-17(23)20-10-26-16(22)19(20)8-6-7-14(19)13(4)15(21)27-11-28-18(24)29-12(2)3/h5,12-14,16,22H,1,6-11H2,2-4H3/t13-,14-,16?,19-/m0/s1. The van der Waals surface area contributed by atoms with Crippen LogP contribution >= 0.6 is 0 Å². The lowest BCUT2D eigenvalue weighted by molar-refractivity contribution is -0.164. The SMILES string of the molecule is C=CCOC(=O)N1COC(O)[C@@]12CCC[C@H]2[C@H](C)C(=O)OCOC(=O)OC(C)C. The quantitative estimate of drug-likeness (QED) is 0.288. The number of nitrogens with zero attached hydrogens (tertiary/aromatic N) is 1. The predicted molar refractivity (Wildman–Crippen MR) is 98.2 cm³/mol. The van der Waals surface area contributed by atoms with Crippen molar-refractivity contribution in [3.05, 3.63) is 12.7 Å². The number of carbonyl (C=O) groups is 3. The highest BCUT2D eigenvalue weighted by Crippen LogP contribution is 2.50. The van der Waals surface area contributed by atoms with Crippen LogP contribution in [0, 0.1) is 11.8 Å². The van der Waals surface area contributed by atoms with E-state index in [4.69, 9.17) is 23.7 Å². The van der Waals surface area contributed by atoms with Crippen molar-refractivity contribution in [3.63, 3.8) is 0 Å². The summed E-state index contributed by atoms with van der Waals surface area (Å²) in [4.78, 5) is 37.7. The molecule has 1 aliphatic heterocycles. The molecule has 1 spiro atoms. The molecule has 29 heavy (non-hydrogen) atoms. The predicted octanol–water partition coefficient (Wildman–Crippen LogP) is 2.15. The van der Waals surface area contributed by atoms with Crippen molar-refractivity contribution in [2.75, 3.05) is 20.1 Å². The van der Waals surface area contributed by atoms with Crippen molar-refractivity contribution in [1.82, 2.24) is 4.90 Å². The molecule has 0 aromatic rings. The van der Waals surface area contributed by atoms with E-state index in [2.05, 4.69) is 6.58 Å². The fourth-order valence-corrected chi connectivity index (χ4v) is 4.00. The van der Waals surface area contributed by atoms with Gasteiger partial charge in [-0.3, -0.25) is 9.69 Å². The Morgan fingerprint density at radius 1 is 1.28 bits per heavy atom. The van der Waals surface area contributed by atoms with Gasteiger partial charge in [-0.1, -0.05) is 26.0 Å². The average molecular weight is 415 g/mol. The van der Waals surface area contributed by atoms with E-state index >= 15 is 0 Å². The van der Waals surface area contributed by atoms with Crippen LogP contribution in [-0.2, 0) is 28.5 Å². The van der Waals surface area contributed by atoms with Gasteiger partial charge in [0.15, 0.2) is 6.29 Å². The van der Waals surface area contributed by atoms with Crippen molar-refractivity contribution in [1.29, 1.82) is 0 Å².